The van der Waals surface area contributed by atoms with Crippen molar-refractivity contribution in [2.75, 3.05) is 0 Å². The van der Waals surface area contributed by atoms with Crippen LogP contribution in [0, 0.1) is 24.2 Å². The van der Waals surface area contributed by atoms with Gasteiger partial charge in [-0.1, -0.05) is 17.7 Å². The number of rotatable bonds is 2. The summed E-state index contributed by atoms with van der Waals surface area (Å²) in [7, 11) is 0. The minimum absolute atomic E-state index is 0.423. The molecular weight excluding hydrogens is 198 g/mol. The molecule has 2 atom stereocenters. The fourth-order valence-corrected chi connectivity index (χ4v) is 1.59. The van der Waals surface area contributed by atoms with Gasteiger partial charge in [0.15, 0.2) is 0 Å². The number of hydrogen-bond donors (Lipinski definition) is 1. The van der Waals surface area contributed by atoms with E-state index in [2.05, 4.69) is 0 Å². The molecule has 3 heteroatoms. The lowest BCUT2D eigenvalue weighted by Crippen LogP contribution is -2.07. The van der Waals surface area contributed by atoms with Crippen molar-refractivity contribution in [2.45, 2.75) is 20.0 Å². The van der Waals surface area contributed by atoms with Crippen molar-refractivity contribution in [3.63, 3.8) is 0 Å². The summed E-state index contributed by atoms with van der Waals surface area (Å²) >= 11 is 5.85. The molecule has 1 N–H and O–H groups in total. The van der Waals surface area contributed by atoms with E-state index in [4.69, 9.17) is 16.9 Å². The molecule has 1 aromatic carbocycles. The van der Waals surface area contributed by atoms with E-state index in [-0.39, 0.29) is 0 Å². The van der Waals surface area contributed by atoms with Crippen LogP contribution in [-0.2, 0) is 0 Å². The molecule has 0 aliphatic heterocycles. The Hall–Kier alpha value is -1.04. The van der Waals surface area contributed by atoms with Crippen molar-refractivity contribution in [2.24, 2.45) is 5.92 Å². The molecule has 14 heavy (non-hydrogen) atoms. The number of nitriles is 1. The Morgan fingerprint density at radius 3 is 2.57 bits per heavy atom. The van der Waals surface area contributed by atoms with Crippen LogP contribution in [0.4, 0.5) is 0 Å². The Kier molecular flexibility index (Phi) is 3.51. The topological polar surface area (TPSA) is 44.0 Å². The molecule has 2 nitrogen and oxygen atoms in total. The molecule has 0 fully saturated rings. The van der Waals surface area contributed by atoms with Gasteiger partial charge in [-0.05, 0) is 37.1 Å². The van der Waals surface area contributed by atoms with Crippen molar-refractivity contribution in [1.29, 1.82) is 5.26 Å². The van der Waals surface area contributed by atoms with Crippen molar-refractivity contribution in [3.05, 3.63) is 34.3 Å². The van der Waals surface area contributed by atoms with Crippen LogP contribution in [0.3, 0.4) is 0 Å². The molecule has 0 saturated carbocycles. The second kappa shape index (κ2) is 4.45. The Balaban J connectivity index is 3.02. The largest absolute Gasteiger partial charge is 0.387 e. The molecule has 0 radical (unpaired) electrons. The summed E-state index contributed by atoms with van der Waals surface area (Å²) in [4.78, 5) is 0. The van der Waals surface area contributed by atoms with Crippen LogP contribution in [0.15, 0.2) is 18.2 Å². The second-order valence-electron chi connectivity index (χ2n) is 3.42. The number of aliphatic hydroxyl groups excluding tert-OH is 1. The van der Waals surface area contributed by atoms with Gasteiger partial charge in [0.25, 0.3) is 0 Å². The standard InChI is InChI=1S/C11H12ClNO/c1-7-3-9(5-10(12)4-7)11(14)8(2)6-13/h3-5,8,11,14H,1-2H3. The lowest BCUT2D eigenvalue weighted by atomic mass is 9.97. The van der Waals surface area contributed by atoms with E-state index in [1.54, 1.807) is 13.0 Å². The average molecular weight is 210 g/mol. The predicted octanol–water partition coefficient (Wildman–Crippen LogP) is 2.84. The van der Waals surface area contributed by atoms with Gasteiger partial charge in [-0.25, -0.2) is 0 Å². The summed E-state index contributed by atoms with van der Waals surface area (Å²) in [6.45, 7) is 3.58. The SMILES string of the molecule is Cc1cc(Cl)cc(C(O)C(C)C#N)c1. The fraction of sp³-hybridized carbons (Fsp3) is 0.364. The highest BCUT2D eigenvalue weighted by Gasteiger charge is 2.16. The zero-order valence-electron chi connectivity index (χ0n) is 8.16. The van der Waals surface area contributed by atoms with Crippen molar-refractivity contribution in [1.82, 2.24) is 0 Å². The molecule has 0 spiro atoms. The van der Waals surface area contributed by atoms with Crippen LogP contribution in [-0.4, -0.2) is 5.11 Å². The minimum Gasteiger partial charge on any atom is -0.387 e. The molecule has 0 bridgehead atoms. The van der Waals surface area contributed by atoms with E-state index in [1.807, 2.05) is 25.1 Å². The molecule has 0 heterocycles. The Labute approximate surface area is 88.7 Å². The van der Waals surface area contributed by atoms with Gasteiger partial charge in [0.1, 0.15) is 0 Å². The molecule has 0 aliphatic rings. The summed E-state index contributed by atoms with van der Waals surface area (Å²) in [5.74, 6) is -0.423. The highest BCUT2D eigenvalue weighted by atomic mass is 35.5. The predicted molar refractivity (Wildman–Crippen MR) is 55.9 cm³/mol. The third kappa shape index (κ3) is 2.47. The number of halogens is 1. The first-order valence-corrected chi connectivity index (χ1v) is 4.77. The number of aryl methyl sites for hydroxylation is 1. The number of benzene rings is 1. The Bertz CT molecular complexity index is 350. The van der Waals surface area contributed by atoms with Gasteiger partial charge in [-0.15, -0.1) is 0 Å². The summed E-state index contributed by atoms with van der Waals surface area (Å²) in [6, 6.07) is 7.35. The van der Waals surface area contributed by atoms with Gasteiger partial charge in [0, 0.05) is 5.02 Å². The molecular formula is C11H12ClNO. The third-order valence-corrected chi connectivity index (χ3v) is 2.30. The molecule has 0 aromatic heterocycles. The zero-order chi connectivity index (χ0) is 10.7. The van der Waals surface area contributed by atoms with E-state index in [9.17, 15) is 5.11 Å². The van der Waals surface area contributed by atoms with Gasteiger partial charge in [0.05, 0.1) is 18.1 Å². The number of hydrogen-bond acceptors (Lipinski definition) is 2. The lowest BCUT2D eigenvalue weighted by molar-refractivity contribution is 0.143. The highest BCUT2D eigenvalue weighted by molar-refractivity contribution is 6.30. The maximum atomic E-state index is 9.76. The second-order valence-corrected chi connectivity index (χ2v) is 3.86. The van der Waals surface area contributed by atoms with Gasteiger partial charge in [-0.3, -0.25) is 0 Å². The Morgan fingerprint density at radius 2 is 2.07 bits per heavy atom. The van der Waals surface area contributed by atoms with Crippen LogP contribution in [0.25, 0.3) is 0 Å². The van der Waals surface area contributed by atoms with Crippen LogP contribution < -0.4 is 0 Å². The van der Waals surface area contributed by atoms with Crippen LogP contribution >= 0.6 is 11.6 Å². The average Bonchev–Trinajstić information content (AvgIpc) is 2.14. The minimum atomic E-state index is -0.766. The van der Waals surface area contributed by atoms with Crippen LogP contribution in [0.5, 0.6) is 0 Å². The van der Waals surface area contributed by atoms with Crippen molar-refractivity contribution < 1.29 is 5.11 Å². The normalized spacial score (nSPS) is 14.5. The van der Waals surface area contributed by atoms with Crippen LogP contribution in [0.2, 0.25) is 5.02 Å². The monoisotopic (exact) mass is 209 g/mol. The molecule has 0 saturated heterocycles. The quantitative estimate of drug-likeness (QED) is 0.814. The molecule has 1 aromatic rings. The van der Waals surface area contributed by atoms with Gasteiger partial charge < -0.3 is 5.11 Å². The maximum absolute atomic E-state index is 9.76. The smallest absolute Gasteiger partial charge is 0.0946 e. The van der Waals surface area contributed by atoms with Gasteiger partial charge in [-0.2, -0.15) is 5.26 Å². The van der Waals surface area contributed by atoms with Gasteiger partial charge in [0.2, 0.25) is 0 Å². The number of nitrogens with zero attached hydrogens (tertiary/aromatic N) is 1. The van der Waals surface area contributed by atoms with E-state index in [1.165, 1.54) is 0 Å². The first-order valence-electron chi connectivity index (χ1n) is 4.39. The van der Waals surface area contributed by atoms with Crippen molar-refractivity contribution in [3.8, 4) is 6.07 Å². The third-order valence-electron chi connectivity index (χ3n) is 2.08. The zero-order valence-corrected chi connectivity index (χ0v) is 8.92. The fourth-order valence-electron chi connectivity index (χ4n) is 1.29. The van der Waals surface area contributed by atoms with E-state index in [0.717, 1.165) is 5.56 Å². The molecule has 74 valence electrons. The summed E-state index contributed by atoms with van der Waals surface area (Å²) in [5, 5.41) is 19.0. The summed E-state index contributed by atoms with van der Waals surface area (Å²) < 4.78 is 0. The summed E-state index contributed by atoms with van der Waals surface area (Å²) in [5.41, 5.74) is 1.68. The molecule has 0 amide bonds. The molecule has 2 unspecified atom stereocenters. The number of aliphatic hydroxyl groups is 1. The first kappa shape index (κ1) is 11.0. The maximum Gasteiger partial charge on any atom is 0.0946 e. The lowest BCUT2D eigenvalue weighted by Gasteiger charge is -2.13. The molecule has 0 aliphatic carbocycles. The van der Waals surface area contributed by atoms with E-state index >= 15 is 0 Å². The molecule has 1 rings (SSSR count). The van der Waals surface area contributed by atoms with Crippen LogP contribution in [0.1, 0.15) is 24.2 Å². The first-order chi connectivity index (χ1) is 6.54. The van der Waals surface area contributed by atoms with Gasteiger partial charge >= 0.3 is 0 Å². The van der Waals surface area contributed by atoms with E-state index in [0.29, 0.717) is 10.6 Å². The summed E-state index contributed by atoms with van der Waals surface area (Å²) in [6.07, 6.45) is -0.766. The Morgan fingerprint density at radius 1 is 1.43 bits per heavy atom. The highest BCUT2D eigenvalue weighted by Crippen LogP contribution is 2.25. The van der Waals surface area contributed by atoms with Crippen molar-refractivity contribution >= 4 is 11.6 Å². The van der Waals surface area contributed by atoms with E-state index < -0.39 is 12.0 Å².